The molecule has 2 heterocycles. The van der Waals surface area contributed by atoms with Crippen LogP contribution >= 0.6 is 0 Å². The third-order valence-electron chi connectivity index (χ3n) is 6.88. The van der Waals surface area contributed by atoms with Crippen molar-refractivity contribution in [1.82, 2.24) is 0 Å². The molecule has 2 aromatic carbocycles. The van der Waals surface area contributed by atoms with Gasteiger partial charge in [0.05, 0.1) is 10.8 Å². The number of para-hydroxylation sites is 2. The molecule has 0 bridgehead atoms. The summed E-state index contributed by atoms with van der Waals surface area (Å²) in [5.41, 5.74) is 5.28. The minimum atomic E-state index is -0.105. The van der Waals surface area contributed by atoms with E-state index in [0.29, 0.717) is 0 Å². The Hall–Kier alpha value is -3.13. The molecule has 170 valence electrons. The van der Waals surface area contributed by atoms with Gasteiger partial charge in [0.2, 0.25) is 5.69 Å². The fraction of sp³-hybridized carbons (Fsp3) is 0.323. The van der Waals surface area contributed by atoms with E-state index < -0.39 is 0 Å². The highest BCUT2D eigenvalue weighted by molar-refractivity contribution is 6.03. The first-order valence-corrected chi connectivity index (χ1v) is 12.1. The van der Waals surface area contributed by atoms with Gasteiger partial charge in [-0.1, -0.05) is 80.1 Å². The molecular weight excluding hydrogens is 402 g/mol. The van der Waals surface area contributed by atoms with Gasteiger partial charge in [-0.2, -0.15) is 4.58 Å². The largest absolute Gasteiger partial charge is 0.460 e. The van der Waals surface area contributed by atoms with Gasteiger partial charge in [-0.25, -0.2) is 0 Å². The molecule has 2 heteroatoms. The molecule has 2 aliphatic heterocycles. The van der Waals surface area contributed by atoms with Crippen molar-refractivity contribution in [2.75, 3.05) is 6.54 Å². The smallest absolute Gasteiger partial charge is 0.209 e. The van der Waals surface area contributed by atoms with Crippen LogP contribution in [-0.2, 0) is 10.8 Å². The first-order chi connectivity index (χ1) is 15.9. The molecule has 0 unspecified atom stereocenters. The number of allylic oxidation sites excluding steroid dienone is 8. The van der Waals surface area contributed by atoms with Gasteiger partial charge in [0.25, 0.3) is 0 Å². The van der Waals surface area contributed by atoms with Gasteiger partial charge in [0.15, 0.2) is 5.71 Å². The molecule has 33 heavy (non-hydrogen) atoms. The van der Waals surface area contributed by atoms with Crippen molar-refractivity contribution in [3.8, 4) is 5.75 Å². The Bertz CT molecular complexity index is 1170. The first-order valence-electron chi connectivity index (χ1n) is 12.1. The number of rotatable bonds is 7. The quantitative estimate of drug-likeness (QED) is 0.317. The maximum absolute atomic E-state index is 6.08. The molecule has 0 saturated heterocycles. The minimum absolute atomic E-state index is 0.00926. The van der Waals surface area contributed by atoms with Crippen LogP contribution in [0.15, 0.2) is 96.8 Å². The Labute approximate surface area is 199 Å². The number of nitrogens with zero attached hydrogens (tertiary/aromatic N) is 1. The molecule has 0 N–H and O–H groups in total. The zero-order chi connectivity index (χ0) is 23.5. The second-order valence-corrected chi connectivity index (χ2v) is 9.92. The molecule has 0 aliphatic carbocycles. The van der Waals surface area contributed by atoms with E-state index in [1.165, 1.54) is 35.4 Å². The van der Waals surface area contributed by atoms with E-state index in [9.17, 15) is 0 Å². The molecule has 0 aromatic heterocycles. The molecule has 2 nitrogen and oxygen atoms in total. The normalized spacial score (nSPS) is 19.7. The Morgan fingerprint density at radius 2 is 1.45 bits per heavy atom. The van der Waals surface area contributed by atoms with Gasteiger partial charge in [-0.3, -0.25) is 0 Å². The van der Waals surface area contributed by atoms with E-state index in [0.717, 1.165) is 18.1 Å². The summed E-state index contributed by atoms with van der Waals surface area (Å²) >= 11 is 0. The standard InChI is InChI=1S/C31H36NO/c1-6-7-23-32-26-19-15-13-17-24(26)30(2,3)28(32)21-11-9-8-10-12-22-29-31(4,5)25-18-14-16-20-27(25)33-29/h8-22H,6-7,23H2,1-5H3/q+1/b9-8+,12-10+,21-11+,29-22+. The van der Waals surface area contributed by atoms with Gasteiger partial charge >= 0.3 is 0 Å². The first kappa shape index (κ1) is 23.0. The lowest BCUT2D eigenvalue weighted by Crippen LogP contribution is -2.27. The summed E-state index contributed by atoms with van der Waals surface area (Å²) in [6, 6.07) is 17.1. The Kier molecular flexibility index (Phi) is 6.56. The molecule has 4 rings (SSSR count). The molecule has 0 saturated carbocycles. The highest BCUT2D eigenvalue weighted by atomic mass is 16.5. The van der Waals surface area contributed by atoms with Gasteiger partial charge < -0.3 is 4.74 Å². The lowest BCUT2D eigenvalue weighted by molar-refractivity contribution is -0.438. The van der Waals surface area contributed by atoms with Gasteiger partial charge in [-0.15, -0.1) is 0 Å². The van der Waals surface area contributed by atoms with Crippen LogP contribution in [0, 0.1) is 0 Å². The molecule has 0 amide bonds. The predicted molar refractivity (Wildman–Crippen MR) is 140 cm³/mol. The molecule has 0 spiro atoms. The summed E-state index contributed by atoms with van der Waals surface area (Å²) in [7, 11) is 0. The van der Waals surface area contributed by atoms with E-state index in [4.69, 9.17) is 4.74 Å². The predicted octanol–water partition coefficient (Wildman–Crippen LogP) is 7.79. The van der Waals surface area contributed by atoms with Crippen molar-refractivity contribution in [3.05, 3.63) is 108 Å². The van der Waals surface area contributed by atoms with Gasteiger partial charge in [0, 0.05) is 29.7 Å². The van der Waals surface area contributed by atoms with Crippen molar-refractivity contribution in [1.29, 1.82) is 0 Å². The van der Waals surface area contributed by atoms with Crippen LogP contribution in [0.2, 0.25) is 0 Å². The number of unbranched alkanes of at least 4 members (excludes halogenated alkanes) is 1. The van der Waals surface area contributed by atoms with Crippen LogP contribution in [-0.4, -0.2) is 16.8 Å². The number of fused-ring (bicyclic) bond motifs is 2. The van der Waals surface area contributed by atoms with Gasteiger partial charge in [-0.05, 0) is 39.8 Å². The van der Waals surface area contributed by atoms with Crippen molar-refractivity contribution in [2.24, 2.45) is 0 Å². The molecule has 2 aromatic rings. The summed E-state index contributed by atoms with van der Waals surface area (Å²) in [5, 5.41) is 0. The average molecular weight is 439 g/mol. The number of hydrogen-bond acceptors (Lipinski definition) is 1. The minimum Gasteiger partial charge on any atom is -0.460 e. The van der Waals surface area contributed by atoms with E-state index in [-0.39, 0.29) is 10.8 Å². The van der Waals surface area contributed by atoms with Crippen LogP contribution in [0.3, 0.4) is 0 Å². The van der Waals surface area contributed by atoms with E-state index in [1.807, 2.05) is 12.1 Å². The molecular formula is C31H36NO+. The van der Waals surface area contributed by atoms with Crippen molar-refractivity contribution in [2.45, 2.75) is 58.3 Å². The van der Waals surface area contributed by atoms with Gasteiger partial charge in [0.1, 0.15) is 18.1 Å². The fourth-order valence-electron chi connectivity index (χ4n) is 4.87. The monoisotopic (exact) mass is 438 g/mol. The summed E-state index contributed by atoms with van der Waals surface area (Å²) in [6.45, 7) is 12.4. The summed E-state index contributed by atoms with van der Waals surface area (Å²) < 4.78 is 8.58. The zero-order valence-corrected chi connectivity index (χ0v) is 20.6. The highest BCUT2D eigenvalue weighted by Gasteiger charge is 2.43. The maximum atomic E-state index is 6.08. The molecule has 0 fully saturated rings. The second-order valence-electron chi connectivity index (χ2n) is 9.92. The summed E-state index contributed by atoms with van der Waals surface area (Å²) in [4.78, 5) is 0. The molecule has 0 atom stereocenters. The second kappa shape index (κ2) is 9.39. The Morgan fingerprint density at radius 3 is 2.21 bits per heavy atom. The number of hydrogen-bond donors (Lipinski definition) is 0. The summed E-state index contributed by atoms with van der Waals surface area (Å²) in [5.74, 6) is 1.95. The molecule has 2 aliphatic rings. The van der Waals surface area contributed by atoms with E-state index in [1.54, 1.807) is 0 Å². The van der Waals surface area contributed by atoms with Crippen molar-refractivity contribution in [3.63, 3.8) is 0 Å². The Morgan fingerprint density at radius 1 is 0.788 bits per heavy atom. The third-order valence-corrected chi connectivity index (χ3v) is 6.88. The van der Waals surface area contributed by atoms with Crippen molar-refractivity contribution < 1.29 is 9.31 Å². The lowest BCUT2D eigenvalue weighted by atomic mass is 9.81. The van der Waals surface area contributed by atoms with Crippen LogP contribution in [0.4, 0.5) is 5.69 Å². The average Bonchev–Trinajstić information content (AvgIpc) is 3.19. The zero-order valence-electron chi connectivity index (χ0n) is 20.6. The number of ether oxygens (including phenoxy) is 1. The van der Waals surface area contributed by atoms with E-state index in [2.05, 4.69) is 118 Å². The molecule has 0 radical (unpaired) electrons. The topological polar surface area (TPSA) is 12.2 Å². The van der Waals surface area contributed by atoms with E-state index >= 15 is 0 Å². The van der Waals surface area contributed by atoms with Crippen LogP contribution in [0.5, 0.6) is 5.75 Å². The lowest BCUT2D eigenvalue weighted by Gasteiger charge is -2.17. The van der Waals surface area contributed by atoms with Crippen LogP contribution in [0.1, 0.15) is 58.6 Å². The SMILES string of the molecule is CCCC[N+]1=C(/C=C/C=C/C=C/C=C2/Oc3ccccc3C2(C)C)C(C)(C)c2ccccc21. The summed E-state index contributed by atoms with van der Waals surface area (Å²) in [6.07, 6.45) is 17.2. The van der Waals surface area contributed by atoms with Crippen LogP contribution < -0.4 is 4.74 Å². The third kappa shape index (κ3) is 4.39. The van der Waals surface area contributed by atoms with Crippen LogP contribution in [0.25, 0.3) is 0 Å². The van der Waals surface area contributed by atoms with Crippen molar-refractivity contribution >= 4 is 11.4 Å². The maximum Gasteiger partial charge on any atom is 0.209 e. The highest BCUT2D eigenvalue weighted by Crippen LogP contribution is 2.44. The fourth-order valence-corrected chi connectivity index (χ4v) is 4.87. The number of benzene rings is 2. The Balaban J connectivity index is 1.47.